The highest BCUT2D eigenvalue weighted by Crippen LogP contribution is 2.38. The summed E-state index contributed by atoms with van der Waals surface area (Å²) in [5, 5.41) is 0. The van der Waals surface area contributed by atoms with Crippen molar-refractivity contribution < 1.29 is 0 Å². The summed E-state index contributed by atoms with van der Waals surface area (Å²) in [4.78, 5) is 10.2. The van der Waals surface area contributed by atoms with Crippen molar-refractivity contribution in [1.82, 2.24) is 9.97 Å². The van der Waals surface area contributed by atoms with Crippen molar-refractivity contribution in [2.75, 3.05) is 0 Å². The summed E-state index contributed by atoms with van der Waals surface area (Å²) < 4.78 is 0. The molecular weight excluding hydrogens is 653 g/mol. The Bertz CT molecular complexity index is 2500. The van der Waals surface area contributed by atoms with Gasteiger partial charge in [0, 0.05) is 22.6 Å². The van der Waals surface area contributed by atoms with E-state index in [1.54, 1.807) is 0 Å². The van der Waals surface area contributed by atoms with Crippen LogP contribution in [0.4, 0.5) is 0 Å². The van der Waals surface area contributed by atoms with Crippen LogP contribution in [0.2, 0.25) is 0 Å². The highest BCUT2D eigenvalue weighted by molar-refractivity contribution is 5.82. The van der Waals surface area contributed by atoms with E-state index in [1.165, 1.54) is 44.5 Å². The number of rotatable bonds is 8. The molecule has 258 valence electrons. The second-order valence-corrected chi connectivity index (χ2v) is 14.1. The van der Waals surface area contributed by atoms with Crippen LogP contribution in [-0.4, -0.2) is 9.97 Å². The third-order valence-corrected chi connectivity index (χ3v) is 10.5. The minimum absolute atomic E-state index is 0.284. The smallest absolute Gasteiger partial charge is 0.160 e. The number of hydrogen-bond donors (Lipinski definition) is 0. The van der Waals surface area contributed by atoms with Gasteiger partial charge in [0.05, 0.1) is 11.4 Å². The molecule has 0 bridgehead atoms. The van der Waals surface area contributed by atoms with Gasteiger partial charge in [-0.3, -0.25) is 0 Å². The molecule has 0 spiro atoms. The van der Waals surface area contributed by atoms with Crippen LogP contribution in [-0.2, 0) is 0 Å². The van der Waals surface area contributed by atoms with Gasteiger partial charge >= 0.3 is 0 Å². The molecule has 0 radical (unpaired) electrons. The van der Waals surface area contributed by atoms with Gasteiger partial charge in [-0.2, -0.15) is 0 Å². The highest BCUT2D eigenvalue weighted by atomic mass is 14.9. The fourth-order valence-corrected chi connectivity index (χ4v) is 7.60. The summed E-state index contributed by atoms with van der Waals surface area (Å²) in [6.45, 7) is 0. The van der Waals surface area contributed by atoms with Crippen molar-refractivity contribution >= 4 is 11.1 Å². The van der Waals surface area contributed by atoms with E-state index in [0.717, 1.165) is 52.9 Å². The first-order chi connectivity index (χ1) is 26.7. The zero-order valence-electron chi connectivity index (χ0n) is 30.1. The van der Waals surface area contributed by atoms with Crippen molar-refractivity contribution in [2.24, 2.45) is 0 Å². The third kappa shape index (κ3) is 7.20. The van der Waals surface area contributed by atoms with Crippen molar-refractivity contribution in [3.63, 3.8) is 0 Å². The second-order valence-electron chi connectivity index (χ2n) is 14.1. The molecule has 54 heavy (non-hydrogen) atoms. The maximum atomic E-state index is 5.09. The molecule has 1 aromatic heterocycles. The molecule has 0 N–H and O–H groups in total. The van der Waals surface area contributed by atoms with E-state index in [2.05, 4.69) is 188 Å². The van der Waals surface area contributed by atoms with Crippen LogP contribution in [0.1, 0.15) is 41.9 Å². The molecule has 2 nitrogen and oxygen atoms in total. The van der Waals surface area contributed by atoms with E-state index >= 15 is 0 Å². The Labute approximate surface area is 318 Å². The Morgan fingerprint density at radius 3 is 1.65 bits per heavy atom. The van der Waals surface area contributed by atoms with Crippen LogP contribution < -0.4 is 0 Å². The summed E-state index contributed by atoms with van der Waals surface area (Å²) in [7, 11) is 0. The van der Waals surface area contributed by atoms with Gasteiger partial charge in [0.2, 0.25) is 0 Å². The first-order valence-corrected chi connectivity index (χ1v) is 18.9. The Hall–Kier alpha value is -6.64. The molecule has 1 unspecified atom stereocenters. The predicted molar refractivity (Wildman–Crippen MR) is 226 cm³/mol. The lowest BCUT2D eigenvalue weighted by Crippen LogP contribution is -2.02. The van der Waals surface area contributed by atoms with E-state index in [9.17, 15) is 0 Å². The van der Waals surface area contributed by atoms with Gasteiger partial charge in [-0.25, -0.2) is 9.97 Å². The lowest BCUT2D eigenvalue weighted by atomic mass is 9.83. The molecular formula is C52H40N2. The quantitative estimate of drug-likeness (QED) is 0.158. The fraction of sp³-hybridized carbons (Fsp3) is 0.0769. The predicted octanol–water partition coefficient (Wildman–Crippen LogP) is 13.7. The summed E-state index contributed by atoms with van der Waals surface area (Å²) >= 11 is 0. The van der Waals surface area contributed by atoms with Crippen LogP contribution in [0.25, 0.3) is 67.3 Å². The van der Waals surface area contributed by atoms with Gasteiger partial charge in [0.1, 0.15) is 0 Å². The van der Waals surface area contributed by atoms with Crippen LogP contribution in [0.15, 0.2) is 200 Å². The van der Waals surface area contributed by atoms with Crippen molar-refractivity contribution in [1.29, 1.82) is 0 Å². The van der Waals surface area contributed by atoms with Gasteiger partial charge in [-0.15, -0.1) is 0 Å². The molecule has 2 aliphatic rings. The molecule has 6 aromatic carbocycles. The number of nitrogens with zero attached hydrogens (tertiary/aromatic N) is 2. The maximum Gasteiger partial charge on any atom is 0.160 e. The van der Waals surface area contributed by atoms with Crippen LogP contribution in [0.5, 0.6) is 0 Å². The monoisotopic (exact) mass is 692 g/mol. The molecule has 0 amide bonds. The van der Waals surface area contributed by atoms with Gasteiger partial charge in [-0.05, 0) is 93.6 Å². The minimum Gasteiger partial charge on any atom is -0.228 e. The SMILES string of the molecule is C1=CCCC(c2cc(-c3ccccc3)cc(C3C=C(c4cccc(-c5cccc(-c6nc(-c7ccccc7)cc(-c7ccccc7)n6)c5)c4)C=CC3)c2)=C1. The lowest BCUT2D eigenvalue weighted by molar-refractivity contribution is 0.856. The number of allylic oxidation sites excluding steroid dienone is 8. The highest BCUT2D eigenvalue weighted by Gasteiger charge is 2.18. The maximum absolute atomic E-state index is 5.09. The molecule has 0 saturated heterocycles. The lowest BCUT2D eigenvalue weighted by Gasteiger charge is -2.21. The Kier molecular flexibility index (Phi) is 9.32. The topological polar surface area (TPSA) is 25.8 Å². The molecule has 9 rings (SSSR count). The van der Waals surface area contributed by atoms with Crippen molar-refractivity contribution in [2.45, 2.75) is 25.2 Å². The zero-order chi connectivity index (χ0) is 36.1. The van der Waals surface area contributed by atoms with Gasteiger partial charge in [0.25, 0.3) is 0 Å². The Morgan fingerprint density at radius 1 is 0.444 bits per heavy atom. The van der Waals surface area contributed by atoms with E-state index in [1.807, 2.05) is 12.1 Å². The van der Waals surface area contributed by atoms with Gasteiger partial charge in [0.15, 0.2) is 5.82 Å². The number of benzene rings is 6. The van der Waals surface area contributed by atoms with Crippen molar-refractivity contribution in [3.8, 4) is 56.2 Å². The Balaban J connectivity index is 1.06. The summed E-state index contributed by atoms with van der Waals surface area (Å²) in [6.07, 6.45) is 17.0. The van der Waals surface area contributed by atoms with Crippen LogP contribution in [0, 0.1) is 0 Å². The first kappa shape index (κ1) is 33.2. The molecule has 0 saturated carbocycles. The largest absolute Gasteiger partial charge is 0.228 e. The molecule has 2 heteroatoms. The molecule has 1 heterocycles. The molecule has 7 aromatic rings. The standard InChI is InChI=1S/C52H40N2/c1-5-16-37(17-6-1)47-33-48(38-18-7-2-8-19-38)35-49(34-47)45-28-14-26-43(31-45)41-24-13-25-42(30-41)44-27-15-29-46(32-44)52-53-50(39-20-9-3-10-21-39)36-51(54-52)40-22-11-4-12-23-40/h1-7,9-18,20-27,29-36,45H,8,19,28H2. The van der Waals surface area contributed by atoms with Gasteiger partial charge < -0.3 is 0 Å². The number of hydrogen-bond acceptors (Lipinski definition) is 2. The minimum atomic E-state index is 0.284. The van der Waals surface area contributed by atoms with E-state index in [4.69, 9.17) is 9.97 Å². The zero-order valence-corrected chi connectivity index (χ0v) is 30.1. The second kappa shape index (κ2) is 15.1. The molecule has 0 aliphatic heterocycles. The third-order valence-electron chi connectivity index (χ3n) is 10.5. The van der Waals surface area contributed by atoms with Crippen molar-refractivity contribution in [3.05, 3.63) is 217 Å². The summed E-state index contributed by atoms with van der Waals surface area (Å²) in [6, 6.07) is 58.3. The average molecular weight is 693 g/mol. The first-order valence-electron chi connectivity index (χ1n) is 18.9. The van der Waals surface area contributed by atoms with E-state index in [-0.39, 0.29) is 5.92 Å². The average Bonchev–Trinajstić information content (AvgIpc) is 3.27. The van der Waals surface area contributed by atoms with E-state index < -0.39 is 0 Å². The normalized spacial score (nSPS) is 15.1. The van der Waals surface area contributed by atoms with Crippen LogP contribution in [0.3, 0.4) is 0 Å². The molecule has 2 aliphatic carbocycles. The number of aromatic nitrogens is 2. The summed E-state index contributed by atoms with van der Waals surface area (Å²) in [5.74, 6) is 0.998. The molecule has 0 fully saturated rings. The van der Waals surface area contributed by atoms with Gasteiger partial charge in [-0.1, -0.05) is 176 Å². The van der Waals surface area contributed by atoms with Crippen LogP contribution >= 0.6 is 0 Å². The summed E-state index contributed by atoms with van der Waals surface area (Å²) in [5.41, 5.74) is 16.3. The fourth-order valence-electron chi connectivity index (χ4n) is 7.60. The Morgan fingerprint density at radius 2 is 1.00 bits per heavy atom. The van der Waals surface area contributed by atoms with E-state index in [0.29, 0.717) is 5.82 Å². The molecule has 1 atom stereocenters.